The van der Waals surface area contributed by atoms with Gasteiger partial charge in [-0.05, 0) is 51.0 Å². The summed E-state index contributed by atoms with van der Waals surface area (Å²) in [6, 6.07) is 13.6. The average Bonchev–Trinajstić information content (AvgIpc) is 3.00. The van der Waals surface area contributed by atoms with Gasteiger partial charge in [-0.25, -0.2) is 4.98 Å². The molecule has 1 atom stereocenters. The second-order valence-electron chi connectivity index (χ2n) is 7.03. The number of carbonyl (C=O) groups excluding carboxylic acids is 1. The van der Waals surface area contributed by atoms with Crippen molar-refractivity contribution in [3.8, 4) is 5.75 Å². The molecule has 4 rings (SSSR count). The van der Waals surface area contributed by atoms with Crippen LogP contribution in [0, 0.1) is 5.92 Å². The fraction of sp³-hybridized carbons (Fsp3) is 0.333. The van der Waals surface area contributed by atoms with Gasteiger partial charge in [-0.3, -0.25) is 4.79 Å². The molecule has 0 aliphatic heterocycles. The van der Waals surface area contributed by atoms with Crippen LogP contribution >= 0.6 is 0 Å². The van der Waals surface area contributed by atoms with Gasteiger partial charge < -0.3 is 14.5 Å². The molecule has 0 fully saturated rings. The van der Waals surface area contributed by atoms with Gasteiger partial charge in [-0.15, -0.1) is 0 Å². The van der Waals surface area contributed by atoms with Gasteiger partial charge in [0.15, 0.2) is 0 Å². The first-order valence-corrected chi connectivity index (χ1v) is 9.13. The topological polar surface area (TPSA) is 55.6 Å². The third-order valence-electron chi connectivity index (χ3n) is 4.76. The summed E-state index contributed by atoms with van der Waals surface area (Å²) in [6.45, 7) is 3.96. The SMILES string of the molecule is CC(C)Oc1ccccc1NC(=O)C1CCc2nc3ccccn3c2C1. The minimum Gasteiger partial charge on any atom is -0.489 e. The van der Waals surface area contributed by atoms with Crippen molar-refractivity contribution in [2.45, 2.75) is 39.2 Å². The highest BCUT2D eigenvalue weighted by Crippen LogP contribution is 2.29. The van der Waals surface area contributed by atoms with E-state index in [2.05, 4.69) is 14.7 Å². The summed E-state index contributed by atoms with van der Waals surface area (Å²) >= 11 is 0. The number of aryl methyl sites for hydroxylation is 1. The molecule has 0 saturated carbocycles. The van der Waals surface area contributed by atoms with E-state index in [9.17, 15) is 4.79 Å². The zero-order valence-electron chi connectivity index (χ0n) is 15.1. The minimum atomic E-state index is -0.0605. The Morgan fingerprint density at radius 2 is 2.04 bits per heavy atom. The Morgan fingerprint density at radius 1 is 1.23 bits per heavy atom. The molecule has 1 aliphatic carbocycles. The molecule has 26 heavy (non-hydrogen) atoms. The summed E-state index contributed by atoms with van der Waals surface area (Å²) in [5.41, 5.74) is 3.95. The first-order chi connectivity index (χ1) is 12.6. The predicted octanol–water partition coefficient (Wildman–Crippen LogP) is 3.87. The predicted molar refractivity (Wildman–Crippen MR) is 102 cm³/mol. The molecular formula is C21H23N3O2. The zero-order valence-corrected chi connectivity index (χ0v) is 15.1. The number of para-hydroxylation sites is 2. The largest absolute Gasteiger partial charge is 0.489 e. The van der Waals surface area contributed by atoms with Crippen LogP contribution in [0.25, 0.3) is 5.65 Å². The number of aromatic nitrogens is 2. The minimum absolute atomic E-state index is 0.0429. The van der Waals surface area contributed by atoms with Crippen molar-refractivity contribution in [3.05, 3.63) is 60.0 Å². The van der Waals surface area contributed by atoms with Crippen molar-refractivity contribution in [2.24, 2.45) is 5.92 Å². The molecule has 3 aromatic rings. The van der Waals surface area contributed by atoms with E-state index in [1.54, 1.807) is 0 Å². The quantitative estimate of drug-likeness (QED) is 0.778. The number of fused-ring (bicyclic) bond motifs is 3. The van der Waals surface area contributed by atoms with E-state index in [-0.39, 0.29) is 17.9 Å². The maximum absolute atomic E-state index is 12.9. The standard InChI is InChI=1S/C21H23N3O2/c1-14(2)26-19-8-4-3-7-17(19)23-21(25)15-10-11-16-18(13-15)24-12-6-5-9-20(24)22-16/h3-9,12,14-15H,10-11,13H2,1-2H3,(H,23,25). The average molecular weight is 349 g/mol. The molecule has 0 bridgehead atoms. The first kappa shape index (κ1) is 16.6. The smallest absolute Gasteiger partial charge is 0.227 e. The van der Waals surface area contributed by atoms with E-state index < -0.39 is 0 Å². The molecule has 0 spiro atoms. The maximum atomic E-state index is 12.9. The molecule has 2 heterocycles. The van der Waals surface area contributed by atoms with Gasteiger partial charge in [0.2, 0.25) is 5.91 Å². The van der Waals surface area contributed by atoms with Gasteiger partial charge in [0.05, 0.1) is 17.5 Å². The Hall–Kier alpha value is -2.82. The number of imidazole rings is 1. The van der Waals surface area contributed by atoms with Crippen molar-refractivity contribution in [3.63, 3.8) is 0 Å². The highest BCUT2D eigenvalue weighted by Gasteiger charge is 2.28. The molecule has 5 heteroatoms. The van der Waals surface area contributed by atoms with E-state index in [0.29, 0.717) is 12.2 Å². The summed E-state index contributed by atoms with van der Waals surface area (Å²) in [5, 5.41) is 3.06. The number of nitrogens with one attached hydrogen (secondary N) is 1. The Balaban J connectivity index is 1.53. The lowest BCUT2D eigenvalue weighted by Gasteiger charge is -2.22. The van der Waals surface area contributed by atoms with E-state index in [4.69, 9.17) is 4.74 Å². The Morgan fingerprint density at radius 3 is 2.88 bits per heavy atom. The van der Waals surface area contributed by atoms with Crippen LogP contribution in [0.4, 0.5) is 5.69 Å². The fourth-order valence-corrected chi connectivity index (χ4v) is 3.54. The van der Waals surface area contributed by atoms with Crippen molar-refractivity contribution >= 4 is 17.2 Å². The molecule has 1 unspecified atom stereocenters. The van der Waals surface area contributed by atoms with Crippen LogP contribution in [0.3, 0.4) is 0 Å². The lowest BCUT2D eigenvalue weighted by molar-refractivity contribution is -0.120. The van der Waals surface area contributed by atoms with Gasteiger partial charge in [0.25, 0.3) is 0 Å². The van der Waals surface area contributed by atoms with Gasteiger partial charge >= 0.3 is 0 Å². The Labute approximate surface area is 153 Å². The number of carbonyl (C=O) groups is 1. The first-order valence-electron chi connectivity index (χ1n) is 9.13. The molecule has 1 aromatic carbocycles. The molecule has 0 radical (unpaired) electrons. The van der Waals surface area contributed by atoms with E-state index in [1.165, 1.54) is 0 Å². The Kier molecular flexibility index (Phi) is 4.37. The number of amides is 1. The number of ether oxygens (including phenoxy) is 1. The fourth-order valence-electron chi connectivity index (χ4n) is 3.54. The molecule has 5 nitrogen and oxygen atoms in total. The molecule has 0 saturated heterocycles. The summed E-state index contributed by atoms with van der Waals surface area (Å²) in [6.07, 6.45) is 4.44. The van der Waals surface area contributed by atoms with Crippen molar-refractivity contribution in [2.75, 3.05) is 5.32 Å². The monoisotopic (exact) mass is 349 g/mol. The summed E-state index contributed by atoms with van der Waals surface area (Å²) < 4.78 is 7.91. The van der Waals surface area contributed by atoms with Crippen LogP contribution < -0.4 is 10.1 Å². The lowest BCUT2D eigenvalue weighted by atomic mass is 9.89. The highest BCUT2D eigenvalue weighted by molar-refractivity contribution is 5.94. The van der Waals surface area contributed by atoms with Crippen LogP contribution in [0.1, 0.15) is 31.7 Å². The number of benzene rings is 1. The molecule has 1 amide bonds. The van der Waals surface area contributed by atoms with Crippen molar-refractivity contribution in [1.29, 1.82) is 0 Å². The lowest BCUT2D eigenvalue weighted by Crippen LogP contribution is -2.29. The second kappa shape index (κ2) is 6.83. The zero-order chi connectivity index (χ0) is 18.1. The molecule has 2 aromatic heterocycles. The molecule has 1 N–H and O–H groups in total. The van der Waals surface area contributed by atoms with Crippen molar-refractivity contribution in [1.82, 2.24) is 9.38 Å². The number of hydrogen-bond acceptors (Lipinski definition) is 3. The maximum Gasteiger partial charge on any atom is 0.227 e. The summed E-state index contributed by atoms with van der Waals surface area (Å²) in [7, 11) is 0. The molecular weight excluding hydrogens is 326 g/mol. The van der Waals surface area contributed by atoms with E-state index in [0.717, 1.165) is 35.6 Å². The number of anilines is 1. The normalized spacial score (nSPS) is 16.5. The highest BCUT2D eigenvalue weighted by atomic mass is 16.5. The van der Waals surface area contributed by atoms with E-state index in [1.807, 2.05) is 62.5 Å². The van der Waals surface area contributed by atoms with Gasteiger partial charge in [0, 0.05) is 24.2 Å². The summed E-state index contributed by atoms with van der Waals surface area (Å²) in [5.74, 6) is 0.693. The summed E-state index contributed by atoms with van der Waals surface area (Å²) in [4.78, 5) is 17.6. The Bertz CT molecular complexity index is 945. The van der Waals surface area contributed by atoms with Gasteiger partial charge in [-0.1, -0.05) is 18.2 Å². The number of pyridine rings is 1. The number of rotatable bonds is 4. The van der Waals surface area contributed by atoms with Crippen LogP contribution in [0.15, 0.2) is 48.7 Å². The number of hydrogen-bond donors (Lipinski definition) is 1. The molecule has 1 aliphatic rings. The van der Waals surface area contributed by atoms with Crippen LogP contribution in [-0.4, -0.2) is 21.4 Å². The van der Waals surface area contributed by atoms with Crippen molar-refractivity contribution < 1.29 is 9.53 Å². The third kappa shape index (κ3) is 3.17. The van der Waals surface area contributed by atoms with E-state index >= 15 is 0 Å². The van der Waals surface area contributed by atoms with Gasteiger partial charge in [0.1, 0.15) is 11.4 Å². The van der Waals surface area contributed by atoms with Crippen LogP contribution in [0.2, 0.25) is 0 Å². The van der Waals surface area contributed by atoms with Gasteiger partial charge in [-0.2, -0.15) is 0 Å². The third-order valence-corrected chi connectivity index (χ3v) is 4.76. The van der Waals surface area contributed by atoms with Crippen LogP contribution in [-0.2, 0) is 17.6 Å². The number of nitrogens with zero attached hydrogens (tertiary/aromatic N) is 2. The van der Waals surface area contributed by atoms with Crippen LogP contribution in [0.5, 0.6) is 5.75 Å². The molecule has 134 valence electrons. The second-order valence-corrected chi connectivity index (χ2v) is 7.03.